The molecular formula is C13H23N5O. The second-order valence-corrected chi connectivity index (χ2v) is 5.19. The van der Waals surface area contributed by atoms with Crippen molar-refractivity contribution in [3.05, 3.63) is 12.7 Å². The number of likely N-dealkylation sites (tertiary alicyclic amines) is 1. The maximum atomic E-state index is 12.1. The lowest BCUT2D eigenvalue weighted by atomic mass is 10.1. The first kappa shape index (κ1) is 14.0. The van der Waals surface area contributed by atoms with E-state index in [1.165, 1.54) is 12.8 Å². The van der Waals surface area contributed by atoms with Gasteiger partial charge in [0.2, 0.25) is 5.91 Å². The summed E-state index contributed by atoms with van der Waals surface area (Å²) in [6.07, 6.45) is 8.87. The number of nitrogens with zero attached hydrogens (tertiary/aromatic N) is 4. The van der Waals surface area contributed by atoms with E-state index in [0.717, 1.165) is 32.4 Å². The zero-order valence-electron chi connectivity index (χ0n) is 11.6. The predicted molar refractivity (Wildman–Crippen MR) is 72.5 cm³/mol. The van der Waals surface area contributed by atoms with E-state index in [0.29, 0.717) is 6.54 Å². The molecule has 1 saturated heterocycles. The Kier molecular flexibility index (Phi) is 5.32. The Morgan fingerprint density at radius 1 is 1.32 bits per heavy atom. The topological polar surface area (TPSA) is 63.1 Å². The van der Waals surface area contributed by atoms with Gasteiger partial charge in [-0.3, -0.25) is 9.69 Å². The average Bonchev–Trinajstić information content (AvgIpc) is 2.82. The Morgan fingerprint density at radius 3 is 2.89 bits per heavy atom. The number of aryl methyl sites for hydroxylation is 1. The Labute approximate surface area is 114 Å². The van der Waals surface area contributed by atoms with Gasteiger partial charge in [0, 0.05) is 13.1 Å². The van der Waals surface area contributed by atoms with Crippen LogP contribution >= 0.6 is 0 Å². The second-order valence-electron chi connectivity index (χ2n) is 5.19. The minimum absolute atomic E-state index is 0.0532. The molecule has 1 aliphatic heterocycles. The molecule has 6 heteroatoms. The predicted octanol–water partition coefficient (Wildman–Crippen LogP) is 0.659. The van der Waals surface area contributed by atoms with E-state index >= 15 is 0 Å². The van der Waals surface area contributed by atoms with Crippen molar-refractivity contribution in [3.63, 3.8) is 0 Å². The van der Waals surface area contributed by atoms with Crippen LogP contribution < -0.4 is 5.32 Å². The highest BCUT2D eigenvalue weighted by molar-refractivity contribution is 5.81. The quantitative estimate of drug-likeness (QED) is 0.794. The summed E-state index contributed by atoms with van der Waals surface area (Å²) in [5.41, 5.74) is 0. The molecule has 1 aromatic rings. The van der Waals surface area contributed by atoms with Crippen LogP contribution in [0.1, 0.15) is 32.1 Å². The number of likely N-dealkylation sites (N-methyl/N-ethyl adjacent to an activating group) is 1. The third kappa shape index (κ3) is 4.31. The SMILES string of the molecule is CN1CCCCC[C@@H]1C(=O)NCCCn1cnnc1. The molecule has 0 aliphatic carbocycles. The molecule has 0 bridgehead atoms. The summed E-state index contributed by atoms with van der Waals surface area (Å²) in [5, 5.41) is 10.5. The number of carbonyl (C=O) groups excluding carboxylic acids is 1. The van der Waals surface area contributed by atoms with Crippen molar-refractivity contribution >= 4 is 5.91 Å². The molecule has 1 aliphatic rings. The van der Waals surface area contributed by atoms with Gasteiger partial charge in [0.25, 0.3) is 0 Å². The van der Waals surface area contributed by atoms with Gasteiger partial charge in [0.1, 0.15) is 12.7 Å². The number of amides is 1. The molecule has 6 nitrogen and oxygen atoms in total. The zero-order valence-corrected chi connectivity index (χ0v) is 11.6. The van der Waals surface area contributed by atoms with Crippen LogP contribution in [0.5, 0.6) is 0 Å². The van der Waals surface area contributed by atoms with Crippen molar-refractivity contribution in [2.75, 3.05) is 20.1 Å². The smallest absolute Gasteiger partial charge is 0.237 e. The lowest BCUT2D eigenvalue weighted by molar-refractivity contribution is -0.126. The molecule has 0 radical (unpaired) electrons. The van der Waals surface area contributed by atoms with Crippen LogP contribution in [0.4, 0.5) is 0 Å². The molecule has 2 heterocycles. The van der Waals surface area contributed by atoms with Crippen LogP contribution in [0, 0.1) is 0 Å². The van der Waals surface area contributed by atoms with Crippen LogP contribution in [0.3, 0.4) is 0 Å². The highest BCUT2D eigenvalue weighted by atomic mass is 16.2. The van der Waals surface area contributed by atoms with Gasteiger partial charge in [0.15, 0.2) is 0 Å². The summed E-state index contributed by atoms with van der Waals surface area (Å²) < 4.78 is 1.92. The van der Waals surface area contributed by atoms with Crippen molar-refractivity contribution in [1.82, 2.24) is 25.0 Å². The van der Waals surface area contributed by atoms with E-state index < -0.39 is 0 Å². The third-order valence-corrected chi connectivity index (χ3v) is 3.68. The highest BCUT2D eigenvalue weighted by Crippen LogP contribution is 2.14. The highest BCUT2D eigenvalue weighted by Gasteiger charge is 2.23. The standard InChI is InChI=1S/C13H23N5O/c1-17-8-4-2-3-6-12(17)13(19)14-7-5-9-18-10-15-16-11-18/h10-12H,2-9H2,1H3,(H,14,19)/t12-/m1/s1. The van der Waals surface area contributed by atoms with E-state index in [1.54, 1.807) is 12.7 Å². The van der Waals surface area contributed by atoms with Crippen LogP contribution in [-0.4, -0.2) is 51.8 Å². The number of rotatable bonds is 5. The summed E-state index contributed by atoms with van der Waals surface area (Å²) >= 11 is 0. The largest absolute Gasteiger partial charge is 0.355 e. The molecule has 0 aromatic carbocycles. The van der Waals surface area contributed by atoms with Gasteiger partial charge in [0.05, 0.1) is 6.04 Å². The van der Waals surface area contributed by atoms with E-state index in [9.17, 15) is 4.79 Å². The number of hydrogen-bond donors (Lipinski definition) is 1. The molecule has 1 fully saturated rings. The Balaban J connectivity index is 1.68. The van der Waals surface area contributed by atoms with Gasteiger partial charge in [-0.2, -0.15) is 0 Å². The minimum Gasteiger partial charge on any atom is -0.355 e. The number of hydrogen-bond acceptors (Lipinski definition) is 4. The lowest BCUT2D eigenvalue weighted by Crippen LogP contribution is -2.45. The van der Waals surface area contributed by atoms with E-state index in [4.69, 9.17) is 0 Å². The summed E-state index contributed by atoms with van der Waals surface area (Å²) in [4.78, 5) is 14.3. The summed E-state index contributed by atoms with van der Waals surface area (Å²) in [6, 6.07) is 0.0532. The molecule has 106 valence electrons. The lowest BCUT2D eigenvalue weighted by Gasteiger charge is -2.24. The van der Waals surface area contributed by atoms with Crippen molar-refractivity contribution < 1.29 is 4.79 Å². The first-order valence-electron chi connectivity index (χ1n) is 7.08. The molecule has 0 spiro atoms. The Bertz CT molecular complexity index is 378. The van der Waals surface area contributed by atoms with Gasteiger partial charge in [-0.05, 0) is 32.9 Å². The van der Waals surface area contributed by atoms with Crippen LogP contribution in [0.2, 0.25) is 0 Å². The number of carbonyl (C=O) groups is 1. The molecule has 1 amide bonds. The fraction of sp³-hybridized carbons (Fsp3) is 0.769. The van der Waals surface area contributed by atoms with Crippen LogP contribution in [0.25, 0.3) is 0 Å². The first-order chi connectivity index (χ1) is 9.27. The van der Waals surface area contributed by atoms with Gasteiger partial charge in [-0.25, -0.2) is 0 Å². The molecular weight excluding hydrogens is 242 g/mol. The van der Waals surface area contributed by atoms with Gasteiger partial charge in [-0.1, -0.05) is 12.8 Å². The van der Waals surface area contributed by atoms with Gasteiger partial charge in [-0.15, -0.1) is 10.2 Å². The second kappa shape index (κ2) is 7.23. The normalized spacial score (nSPS) is 21.0. The number of nitrogens with one attached hydrogen (secondary N) is 1. The molecule has 0 saturated carbocycles. The molecule has 19 heavy (non-hydrogen) atoms. The van der Waals surface area contributed by atoms with Gasteiger partial charge >= 0.3 is 0 Å². The Morgan fingerprint density at radius 2 is 2.11 bits per heavy atom. The van der Waals surface area contributed by atoms with E-state index in [2.05, 4.69) is 20.4 Å². The van der Waals surface area contributed by atoms with E-state index in [-0.39, 0.29) is 11.9 Å². The summed E-state index contributed by atoms with van der Waals surface area (Å²) in [6.45, 7) is 2.58. The Hall–Kier alpha value is -1.43. The van der Waals surface area contributed by atoms with Crippen molar-refractivity contribution in [2.24, 2.45) is 0 Å². The maximum Gasteiger partial charge on any atom is 0.237 e. The maximum absolute atomic E-state index is 12.1. The van der Waals surface area contributed by atoms with Gasteiger partial charge < -0.3 is 9.88 Å². The number of aromatic nitrogens is 3. The minimum atomic E-state index is 0.0532. The van der Waals surface area contributed by atoms with Crippen molar-refractivity contribution in [3.8, 4) is 0 Å². The summed E-state index contributed by atoms with van der Waals surface area (Å²) in [7, 11) is 2.05. The fourth-order valence-corrected chi connectivity index (χ4v) is 2.51. The molecule has 1 N–H and O–H groups in total. The molecule has 2 rings (SSSR count). The third-order valence-electron chi connectivity index (χ3n) is 3.68. The summed E-state index contributed by atoms with van der Waals surface area (Å²) in [5.74, 6) is 0.174. The zero-order chi connectivity index (χ0) is 13.5. The van der Waals surface area contributed by atoms with Crippen LogP contribution in [0.15, 0.2) is 12.7 Å². The molecule has 0 unspecified atom stereocenters. The molecule has 1 aromatic heterocycles. The fourth-order valence-electron chi connectivity index (χ4n) is 2.51. The van der Waals surface area contributed by atoms with Crippen molar-refractivity contribution in [1.29, 1.82) is 0 Å². The average molecular weight is 265 g/mol. The monoisotopic (exact) mass is 265 g/mol. The molecule has 1 atom stereocenters. The van der Waals surface area contributed by atoms with Crippen molar-refractivity contribution in [2.45, 2.75) is 44.7 Å². The van der Waals surface area contributed by atoms with Crippen LogP contribution in [-0.2, 0) is 11.3 Å². The first-order valence-corrected chi connectivity index (χ1v) is 7.08. The van der Waals surface area contributed by atoms with E-state index in [1.807, 2.05) is 11.6 Å².